The molecule has 3 nitrogen and oxygen atoms in total. The molecule has 0 saturated heterocycles. The van der Waals surface area contributed by atoms with E-state index in [4.69, 9.17) is 16.6 Å². The number of nitrogens with two attached hydrogens (primary N) is 2. The molecule has 0 spiro atoms. The first-order valence-corrected chi connectivity index (χ1v) is 3.99. The third-order valence-corrected chi connectivity index (χ3v) is 1.83. The Morgan fingerprint density at radius 3 is 2.67 bits per heavy atom. The number of aryl methyl sites for hydroxylation is 1. The van der Waals surface area contributed by atoms with Gasteiger partial charge in [0.1, 0.15) is 0 Å². The molecule has 0 atom stereocenters. The lowest BCUT2D eigenvalue weighted by molar-refractivity contribution is 0.288. The van der Waals surface area contributed by atoms with Crippen LogP contribution < -0.4 is 11.5 Å². The number of aliphatic hydroxyl groups excluding tert-OH is 1. The first kappa shape index (κ1) is 8.87. The van der Waals surface area contributed by atoms with Crippen molar-refractivity contribution in [2.45, 2.75) is 12.8 Å². The molecule has 12 heavy (non-hydrogen) atoms. The van der Waals surface area contributed by atoms with E-state index >= 15 is 0 Å². The molecule has 0 saturated carbocycles. The number of para-hydroxylation sites is 1. The zero-order valence-electron chi connectivity index (χ0n) is 6.96. The summed E-state index contributed by atoms with van der Waals surface area (Å²) in [6.07, 6.45) is 1.51. The number of hydrogen-bond acceptors (Lipinski definition) is 3. The van der Waals surface area contributed by atoms with Crippen LogP contribution in [0.25, 0.3) is 0 Å². The van der Waals surface area contributed by atoms with Crippen LogP contribution in [0.15, 0.2) is 18.2 Å². The molecular weight excluding hydrogens is 152 g/mol. The summed E-state index contributed by atoms with van der Waals surface area (Å²) in [5.74, 6) is 0. The van der Waals surface area contributed by atoms with E-state index in [1.54, 1.807) is 6.07 Å². The topological polar surface area (TPSA) is 72.3 Å². The maximum absolute atomic E-state index is 8.62. The summed E-state index contributed by atoms with van der Waals surface area (Å²) in [6, 6.07) is 5.58. The summed E-state index contributed by atoms with van der Waals surface area (Å²) in [5, 5.41) is 8.62. The summed E-state index contributed by atoms with van der Waals surface area (Å²) in [7, 11) is 0. The maximum atomic E-state index is 8.62. The Hall–Kier alpha value is -1.22. The molecule has 0 fully saturated rings. The number of hydrogen-bond donors (Lipinski definition) is 3. The van der Waals surface area contributed by atoms with E-state index in [1.807, 2.05) is 12.1 Å². The highest BCUT2D eigenvalue weighted by Gasteiger charge is 2.00. The molecule has 0 aromatic heterocycles. The van der Waals surface area contributed by atoms with Crippen molar-refractivity contribution in [1.82, 2.24) is 0 Å². The molecule has 0 aliphatic rings. The number of nitrogen functional groups attached to an aromatic ring is 2. The van der Waals surface area contributed by atoms with Gasteiger partial charge in [-0.05, 0) is 24.5 Å². The van der Waals surface area contributed by atoms with Crippen LogP contribution in [0.5, 0.6) is 0 Å². The molecule has 0 radical (unpaired) electrons. The van der Waals surface area contributed by atoms with Crippen molar-refractivity contribution in [2.24, 2.45) is 0 Å². The van der Waals surface area contributed by atoms with E-state index in [9.17, 15) is 0 Å². The van der Waals surface area contributed by atoms with E-state index < -0.39 is 0 Å². The van der Waals surface area contributed by atoms with Gasteiger partial charge in [0.05, 0.1) is 11.4 Å². The Bertz CT molecular complexity index is 261. The predicted octanol–water partition coefficient (Wildman–Crippen LogP) is 0.776. The Morgan fingerprint density at radius 1 is 1.25 bits per heavy atom. The van der Waals surface area contributed by atoms with Crippen molar-refractivity contribution in [3.8, 4) is 0 Å². The lowest BCUT2D eigenvalue weighted by Gasteiger charge is -2.06. The van der Waals surface area contributed by atoms with Crippen LogP contribution in [-0.2, 0) is 6.42 Å². The van der Waals surface area contributed by atoms with Crippen LogP contribution in [0.3, 0.4) is 0 Å². The number of rotatable bonds is 3. The second-order valence-electron chi connectivity index (χ2n) is 2.75. The van der Waals surface area contributed by atoms with Crippen LogP contribution in [0.4, 0.5) is 11.4 Å². The van der Waals surface area contributed by atoms with Crippen molar-refractivity contribution in [3.63, 3.8) is 0 Å². The quantitative estimate of drug-likeness (QED) is 0.581. The Balaban J connectivity index is 2.78. The van der Waals surface area contributed by atoms with Gasteiger partial charge in [0, 0.05) is 6.61 Å². The molecule has 0 bridgehead atoms. The van der Waals surface area contributed by atoms with Crippen molar-refractivity contribution in [1.29, 1.82) is 0 Å². The summed E-state index contributed by atoms with van der Waals surface area (Å²) in [5.41, 5.74) is 13.6. The number of aliphatic hydroxyl groups is 1. The average Bonchev–Trinajstić information content (AvgIpc) is 2.08. The first-order valence-electron chi connectivity index (χ1n) is 3.99. The Morgan fingerprint density at radius 2 is 2.00 bits per heavy atom. The standard InChI is InChI=1S/C9H14N2O/c10-8-5-1-3-7(9(8)11)4-2-6-12/h1,3,5,12H,2,4,6,10-11H2. The maximum Gasteiger partial charge on any atom is 0.0580 e. The summed E-state index contributed by atoms with van der Waals surface area (Å²) >= 11 is 0. The predicted molar refractivity (Wildman–Crippen MR) is 50.7 cm³/mol. The minimum Gasteiger partial charge on any atom is -0.397 e. The van der Waals surface area contributed by atoms with Gasteiger partial charge in [-0.25, -0.2) is 0 Å². The summed E-state index contributed by atoms with van der Waals surface area (Å²) < 4.78 is 0. The van der Waals surface area contributed by atoms with E-state index in [1.165, 1.54) is 0 Å². The van der Waals surface area contributed by atoms with Gasteiger partial charge < -0.3 is 16.6 Å². The molecule has 0 unspecified atom stereocenters. The summed E-state index contributed by atoms with van der Waals surface area (Å²) in [6.45, 7) is 0.189. The van der Waals surface area contributed by atoms with Gasteiger partial charge in [-0.2, -0.15) is 0 Å². The molecule has 0 aliphatic heterocycles. The molecule has 1 aromatic carbocycles. The van der Waals surface area contributed by atoms with E-state index in [0.29, 0.717) is 11.4 Å². The second kappa shape index (κ2) is 3.97. The lowest BCUT2D eigenvalue weighted by Crippen LogP contribution is -2.00. The highest BCUT2D eigenvalue weighted by molar-refractivity contribution is 5.67. The van der Waals surface area contributed by atoms with Crippen molar-refractivity contribution >= 4 is 11.4 Å². The zero-order chi connectivity index (χ0) is 8.97. The van der Waals surface area contributed by atoms with Gasteiger partial charge >= 0.3 is 0 Å². The van der Waals surface area contributed by atoms with Crippen LogP contribution >= 0.6 is 0 Å². The van der Waals surface area contributed by atoms with E-state index in [2.05, 4.69) is 0 Å². The van der Waals surface area contributed by atoms with Gasteiger partial charge in [-0.3, -0.25) is 0 Å². The molecule has 0 amide bonds. The molecule has 3 heteroatoms. The SMILES string of the molecule is Nc1cccc(CCCO)c1N. The summed E-state index contributed by atoms with van der Waals surface area (Å²) in [4.78, 5) is 0. The molecule has 0 heterocycles. The minimum absolute atomic E-state index is 0.189. The zero-order valence-corrected chi connectivity index (χ0v) is 6.96. The number of anilines is 2. The fourth-order valence-corrected chi connectivity index (χ4v) is 1.12. The van der Waals surface area contributed by atoms with Crippen molar-refractivity contribution in [2.75, 3.05) is 18.1 Å². The first-order chi connectivity index (χ1) is 5.75. The molecule has 5 N–H and O–H groups in total. The smallest absolute Gasteiger partial charge is 0.0580 e. The highest BCUT2D eigenvalue weighted by atomic mass is 16.2. The highest BCUT2D eigenvalue weighted by Crippen LogP contribution is 2.20. The van der Waals surface area contributed by atoms with Crippen molar-refractivity contribution in [3.05, 3.63) is 23.8 Å². The van der Waals surface area contributed by atoms with Crippen LogP contribution in [0.1, 0.15) is 12.0 Å². The molecule has 1 aromatic rings. The van der Waals surface area contributed by atoms with Gasteiger partial charge in [-0.1, -0.05) is 12.1 Å². The minimum atomic E-state index is 0.189. The fourth-order valence-electron chi connectivity index (χ4n) is 1.12. The van der Waals surface area contributed by atoms with Gasteiger partial charge in [0.15, 0.2) is 0 Å². The lowest BCUT2D eigenvalue weighted by atomic mass is 10.1. The van der Waals surface area contributed by atoms with Crippen LogP contribution in [-0.4, -0.2) is 11.7 Å². The normalized spacial score (nSPS) is 10.1. The molecule has 1 rings (SSSR count). The second-order valence-corrected chi connectivity index (χ2v) is 2.75. The Labute approximate surface area is 72.0 Å². The van der Waals surface area contributed by atoms with Gasteiger partial charge in [0.2, 0.25) is 0 Å². The fraction of sp³-hybridized carbons (Fsp3) is 0.333. The van der Waals surface area contributed by atoms with Crippen molar-refractivity contribution < 1.29 is 5.11 Å². The third-order valence-electron chi connectivity index (χ3n) is 1.83. The Kier molecular flexibility index (Phi) is 2.94. The largest absolute Gasteiger partial charge is 0.397 e. The third kappa shape index (κ3) is 1.89. The average molecular weight is 166 g/mol. The molecule has 66 valence electrons. The van der Waals surface area contributed by atoms with E-state index in [-0.39, 0.29) is 6.61 Å². The van der Waals surface area contributed by atoms with Gasteiger partial charge in [-0.15, -0.1) is 0 Å². The van der Waals surface area contributed by atoms with E-state index in [0.717, 1.165) is 18.4 Å². The van der Waals surface area contributed by atoms with Gasteiger partial charge in [0.25, 0.3) is 0 Å². The molecular formula is C9H14N2O. The monoisotopic (exact) mass is 166 g/mol. The van der Waals surface area contributed by atoms with Crippen LogP contribution in [0.2, 0.25) is 0 Å². The molecule has 0 aliphatic carbocycles. The van der Waals surface area contributed by atoms with Crippen LogP contribution in [0, 0.1) is 0 Å². The number of benzene rings is 1.